The first-order valence-electron chi connectivity index (χ1n) is 11.0. The van der Waals surface area contributed by atoms with Crippen LogP contribution in [0.3, 0.4) is 0 Å². The van der Waals surface area contributed by atoms with Gasteiger partial charge in [-0.1, -0.05) is 48.5 Å². The number of aliphatic carboxylic acids is 1. The van der Waals surface area contributed by atoms with Gasteiger partial charge in [-0.3, -0.25) is 9.59 Å². The Hall–Kier alpha value is -4.32. The Bertz CT molecular complexity index is 1110. The largest absolute Gasteiger partial charge is 0.480 e. The minimum Gasteiger partial charge on any atom is -0.480 e. The highest BCUT2D eigenvalue weighted by molar-refractivity contribution is 5.89. The fourth-order valence-corrected chi connectivity index (χ4v) is 4.00. The molecule has 2 aromatic carbocycles. The number of benzene rings is 2. The van der Waals surface area contributed by atoms with Gasteiger partial charge in [0.25, 0.3) is 0 Å². The van der Waals surface area contributed by atoms with Crippen molar-refractivity contribution in [3.05, 3.63) is 59.7 Å². The lowest BCUT2D eigenvalue weighted by atomic mass is 9.98. The van der Waals surface area contributed by atoms with Gasteiger partial charge in [0, 0.05) is 18.8 Å². The number of carbonyl (C=O) groups is 4. The van der Waals surface area contributed by atoms with Crippen LogP contribution >= 0.6 is 0 Å². The van der Waals surface area contributed by atoms with Crippen LogP contribution in [0.5, 0.6) is 0 Å². The molecule has 1 unspecified atom stereocenters. The van der Waals surface area contributed by atoms with Gasteiger partial charge in [0.15, 0.2) is 0 Å². The predicted molar refractivity (Wildman–Crippen MR) is 126 cm³/mol. The first-order valence-corrected chi connectivity index (χ1v) is 11.0. The predicted octanol–water partition coefficient (Wildman–Crippen LogP) is 2.44. The lowest BCUT2D eigenvalue weighted by Gasteiger charge is -2.20. The molecule has 0 aliphatic heterocycles. The lowest BCUT2D eigenvalue weighted by molar-refractivity contribution is -0.144. The number of terminal acetylenes is 1. The summed E-state index contributed by atoms with van der Waals surface area (Å²) in [5, 5.41) is 14.1. The Balaban J connectivity index is 1.62. The van der Waals surface area contributed by atoms with Crippen molar-refractivity contribution in [2.45, 2.75) is 37.3 Å². The van der Waals surface area contributed by atoms with Gasteiger partial charge in [-0.05, 0) is 28.7 Å². The molecule has 1 aliphatic rings. The monoisotopic (exact) mass is 478 g/mol. The van der Waals surface area contributed by atoms with Crippen molar-refractivity contribution in [1.82, 2.24) is 10.6 Å². The van der Waals surface area contributed by atoms with Crippen LogP contribution in [-0.4, -0.2) is 54.8 Å². The molecule has 0 spiro atoms. The smallest absolute Gasteiger partial charge is 0.407 e. The van der Waals surface area contributed by atoms with Crippen molar-refractivity contribution in [2.75, 3.05) is 13.7 Å². The van der Waals surface area contributed by atoms with E-state index in [1.165, 1.54) is 7.11 Å². The number of alkyl carbamates (subject to hydrolysis) is 1. The fraction of sp³-hybridized carbons (Fsp3) is 0.308. The third-order valence-electron chi connectivity index (χ3n) is 5.75. The van der Waals surface area contributed by atoms with Gasteiger partial charge in [-0.2, -0.15) is 0 Å². The Labute approximate surface area is 202 Å². The van der Waals surface area contributed by atoms with Crippen molar-refractivity contribution in [2.24, 2.45) is 0 Å². The molecule has 0 fully saturated rings. The van der Waals surface area contributed by atoms with Crippen molar-refractivity contribution in [3.8, 4) is 23.5 Å². The first kappa shape index (κ1) is 25.3. The molecule has 3 rings (SSSR count). The van der Waals surface area contributed by atoms with Gasteiger partial charge < -0.3 is 25.2 Å². The molecule has 0 radical (unpaired) electrons. The second-order valence-corrected chi connectivity index (χ2v) is 7.94. The number of nitrogens with one attached hydrogen (secondary N) is 2. The maximum Gasteiger partial charge on any atom is 0.407 e. The molecule has 0 saturated heterocycles. The minimum atomic E-state index is -1.36. The molecule has 0 saturated carbocycles. The van der Waals surface area contributed by atoms with E-state index in [-0.39, 0.29) is 31.8 Å². The zero-order valence-corrected chi connectivity index (χ0v) is 19.2. The molecule has 2 aromatic rings. The highest BCUT2D eigenvalue weighted by atomic mass is 16.5. The first-order chi connectivity index (χ1) is 16.8. The van der Waals surface area contributed by atoms with Crippen molar-refractivity contribution >= 4 is 23.9 Å². The normalized spacial score (nSPS) is 13.4. The summed E-state index contributed by atoms with van der Waals surface area (Å²) < 4.78 is 9.93. The summed E-state index contributed by atoms with van der Waals surface area (Å²) in [5.41, 5.74) is 4.23. The standard InChI is InChI=1S/C26H26N2O7/c1-3-8-21(24(30)27-22(25(31)32)13-14-23(29)34-2)28-26(33)35-15-20-18-11-6-4-9-16(18)17-10-5-7-12-19(17)20/h1,4-7,9-12,20-22H,8,13-15H2,2H3,(H,27,30)(H,28,33)(H,31,32)/t21?,22-/m0/s1. The third-order valence-corrected chi connectivity index (χ3v) is 5.75. The number of hydrogen-bond acceptors (Lipinski definition) is 6. The van der Waals surface area contributed by atoms with Gasteiger partial charge in [0.1, 0.15) is 18.7 Å². The van der Waals surface area contributed by atoms with Crippen LogP contribution < -0.4 is 10.6 Å². The molecule has 35 heavy (non-hydrogen) atoms. The van der Waals surface area contributed by atoms with Crippen LogP contribution in [0, 0.1) is 12.3 Å². The number of methoxy groups -OCH3 is 1. The second kappa shape index (κ2) is 11.7. The Morgan fingerprint density at radius 1 is 1.00 bits per heavy atom. The zero-order chi connectivity index (χ0) is 25.4. The summed E-state index contributed by atoms with van der Waals surface area (Å²) in [4.78, 5) is 47.9. The van der Waals surface area contributed by atoms with E-state index >= 15 is 0 Å². The molecular formula is C26H26N2O7. The summed E-state index contributed by atoms with van der Waals surface area (Å²) in [6, 6.07) is 13.2. The average Bonchev–Trinajstić information content (AvgIpc) is 3.18. The van der Waals surface area contributed by atoms with Crippen LogP contribution in [0.15, 0.2) is 48.5 Å². The number of carboxylic acids is 1. The molecule has 9 heteroatoms. The topological polar surface area (TPSA) is 131 Å². The van der Waals surface area contributed by atoms with Gasteiger partial charge in [0.05, 0.1) is 7.11 Å². The highest BCUT2D eigenvalue weighted by Gasteiger charge is 2.30. The number of hydrogen-bond donors (Lipinski definition) is 3. The molecule has 182 valence electrons. The van der Waals surface area contributed by atoms with Crippen molar-refractivity contribution < 1.29 is 33.8 Å². The van der Waals surface area contributed by atoms with E-state index in [2.05, 4.69) is 21.3 Å². The number of carboxylic acid groups (broad SMARTS) is 1. The van der Waals surface area contributed by atoms with E-state index < -0.39 is 36.0 Å². The number of amides is 2. The van der Waals surface area contributed by atoms with E-state index in [4.69, 9.17) is 11.2 Å². The zero-order valence-electron chi connectivity index (χ0n) is 19.2. The summed E-state index contributed by atoms with van der Waals surface area (Å²) in [7, 11) is 1.18. The van der Waals surface area contributed by atoms with Crippen LogP contribution in [0.4, 0.5) is 4.79 Å². The maximum absolute atomic E-state index is 12.6. The van der Waals surface area contributed by atoms with Gasteiger partial charge >= 0.3 is 18.0 Å². The summed E-state index contributed by atoms with van der Waals surface area (Å²) in [5.74, 6) is -0.615. The molecule has 9 nitrogen and oxygen atoms in total. The number of fused-ring (bicyclic) bond motifs is 3. The van der Waals surface area contributed by atoms with Crippen LogP contribution in [-0.2, 0) is 23.9 Å². The van der Waals surface area contributed by atoms with E-state index in [0.717, 1.165) is 22.3 Å². The maximum atomic E-state index is 12.6. The number of carbonyl (C=O) groups excluding carboxylic acids is 3. The highest BCUT2D eigenvalue weighted by Crippen LogP contribution is 2.44. The minimum absolute atomic E-state index is 0.0428. The van der Waals surface area contributed by atoms with Gasteiger partial charge in [0.2, 0.25) is 5.91 Å². The molecule has 0 bridgehead atoms. The molecule has 3 N–H and O–H groups in total. The Kier molecular flexibility index (Phi) is 8.46. The van der Waals surface area contributed by atoms with Crippen molar-refractivity contribution in [3.63, 3.8) is 0 Å². The van der Waals surface area contributed by atoms with E-state index in [1.54, 1.807) is 0 Å². The number of ether oxygens (including phenoxy) is 2. The van der Waals surface area contributed by atoms with Crippen LogP contribution in [0.25, 0.3) is 11.1 Å². The Morgan fingerprint density at radius 2 is 1.60 bits per heavy atom. The van der Waals surface area contributed by atoms with Crippen molar-refractivity contribution in [1.29, 1.82) is 0 Å². The van der Waals surface area contributed by atoms with E-state index in [0.29, 0.717) is 0 Å². The van der Waals surface area contributed by atoms with E-state index in [1.807, 2.05) is 48.5 Å². The van der Waals surface area contributed by atoms with Crippen LogP contribution in [0.2, 0.25) is 0 Å². The third kappa shape index (κ3) is 6.18. The summed E-state index contributed by atoms with van der Waals surface area (Å²) in [6.07, 6.45) is 3.91. The van der Waals surface area contributed by atoms with Gasteiger partial charge in [-0.25, -0.2) is 9.59 Å². The van der Waals surface area contributed by atoms with Gasteiger partial charge in [-0.15, -0.1) is 12.3 Å². The molecule has 2 amide bonds. The average molecular weight is 479 g/mol. The molecule has 1 aliphatic carbocycles. The lowest BCUT2D eigenvalue weighted by Crippen LogP contribution is -2.51. The summed E-state index contributed by atoms with van der Waals surface area (Å²) >= 11 is 0. The quantitative estimate of drug-likeness (QED) is 0.353. The number of esters is 1. The fourth-order valence-electron chi connectivity index (χ4n) is 4.00. The second-order valence-electron chi connectivity index (χ2n) is 7.94. The SMILES string of the molecule is C#CCC(NC(=O)OCC1c2ccccc2-c2ccccc21)C(=O)N[C@@H](CCC(=O)OC)C(=O)O. The molecular weight excluding hydrogens is 452 g/mol. The summed E-state index contributed by atoms with van der Waals surface area (Å²) in [6.45, 7) is 0.0428. The number of rotatable bonds is 10. The molecule has 2 atom stereocenters. The van der Waals surface area contributed by atoms with Crippen LogP contribution in [0.1, 0.15) is 36.3 Å². The van der Waals surface area contributed by atoms with E-state index in [9.17, 15) is 24.3 Å². The molecule has 0 heterocycles. The Morgan fingerprint density at radius 3 is 2.14 bits per heavy atom. The molecule has 0 aromatic heterocycles.